The maximum Gasteiger partial charge on any atom is 0.411 e. The number of ether oxygens (including phenoxy) is 1. The SMILES string of the molecule is C[C@@H](O)[C@@H](C(N)=O)N1CC[C@@]2(CCCCN2C(=O)OC(C)(C)C)C1=O. The molecule has 0 aliphatic carbocycles. The largest absolute Gasteiger partial charge is 0.444 e. The molecule has 0 radical (unpaired) electrons. The van der Waals surface area contributed by atoms with Gasteiger partial charge in [-0.2, -0.15) is 0 Å². The number of nitrogens with zero attached hydrogens (tertiary/aromatic N) is 2. The van der Waals surface area contributed by atoms with Crippen molar-refractivity contribution in [3.8, 4) is 0 Å². The van der Waals surface area contributed by atoms with Crippen LogP contribution in [-0.4, -0.2) is 69.2 Å². The Balaban J connectivity index is 2.30. The van der Waals surface area contributed by atoms with Crippen LogP contribution in [0.2, 0.25) is 0 Å². The van der Waals surface area contributed by atoms with Crippen molar-refractivity contribution in [2.45, 2.75) is 76.7 Å². The first-order chi connectivity index (χ1) is 11.5. The Hall–Kier alpha value is -1.83. The van der Waals surface area contributed by atoms with Crippen LogP contribution >= 0.6 is 0 Å². The number of hydrogen-bond donors (Lipinski definition) is 2. The van der Waals surface area contributed by atoms with Gasteiger partial charge in [-0.3, -0.25) is 14.5 Å². The van der Waals surface area contributed by atoms with Gasteiger partial charge in [-0.1, -0.05) is 0 Å². The average Bonchev–Trinajstić information content (AvgIpc) is 2.76. The Bertz CT molecular complexity index is 557. The molecule has 8 nitrogen and oxygen atoms in total. The Labute approximate surface area is 148 Å². The average molecular weight is 355 g/mol. The highest BCUT2D eigenvalue weighted by Crippen LogP contribution is 2.39. The molecule has 0 unspecified atom stereocenters. The summed E-state index contributed by atoms with van der Waals surface area (Å²) in [6, 6.07) is -1.09. The van der Waals surface area contributed by atoms with Crippen LogP contribution in [0.25, 0.3) is 0 Å². The quantitative estimate of drug-likeness (QED) is 0.770. The minimum absolute atomic E-state index is 0.274. The van der Waals surface area contributed by atoms with Crippen LogP contribution in [0, 0.1) is 0 Å². The number of aliphatic hydroxyl groups excluding tert-OH is 1. The second-order valence-electron chi connectivity index (χ2n) is 7.96. The maximum absolute atomic E-state index is 13.2. The Morgan fingerprint density at radius 3 is 2.40 bits per heavy atom. The smallest absolute Gasteiger partial charge is 0.411 e. The van der Waals surface area contributed by atoms with Crippen LogP contribution in [0.15, 0.2) is 0 Å². The van der Waals surface area contributed by atoms with Crippen molar-refractivity contribution in [1.29, 1.82) is 0 Å². The predicted octanol–water partition coefficient (Wildman–Crippen LogP) is 0.613. The summed E-state index contributed by atoms with van der Waals surface area (Å²) < 4.78 is 5.48. The molecule has 0 aromatic carbocycles. The Kier molecular flexibility index (Phi) is 5.32. The monoisotopic (exact) mass is 355 g/mol. The fraction of sp³-hybridized carbons (Fsp3) is 0.824. The number of nitrogens with two attached hydrogens (primary N) is 1. The molecule has 1 spiro atoms. The van der Waals surface area contributed by atoms with E-state index in [2.05, 4.69) is 0 Å². The van der Waals surface area contributed by atoms with Gasteiger partial charge in [0.15, 0.2) is 0 Å². The third kappa shape index (κ3) is 3.73. The van der Waals surface area contributed by atoms with E-state index < -0.39 is 35.3 Å². The van der Waals surface area contributed by atoms with E-state index in [4.69, 9.17) is 10.5 Å². The molecule has 3 atom stereocenters. The third-order valence-corrected chi connectivity index (χ3v) is 4.86. The van der Waals surface area contributed by atoms with Gasteiger partial charge < -0.3 is 20.5 Å². The van der Waals surface area contributed by atoms with Gasteiger partial charge in [0.1, 0.15) is 17.2 Å². The number of amides is 3. The van der Waals surface area contributed by atoms with E-state index in [9.17, 15) is 19.5 Å². The van der Waals surface area contributed by atoms with Gasteiger partial charge in [0.05, 0.1) is 6.10 Å². The van der Waals surface area contributed by atoms with Gasteiger partial charge in [0, 0.05) is 13.1 Å². The fourth-order valence-electron chi connectivity index (χ4n) is 3.80. The van der Waals surface area contributed by atoms with Gasteiger partial charge >= 0.3 is 6.09 Å². The van der Waals surface area contributed by atoms with E-state index in [-0.39, 0.29) is 12.5 Å². The molecule has 2 aliphatic rings. The van der Waals surface area contributed by atoms with Gasteiger partial charge in [0.2, 0.25) is 11.8 Å². The van der Waals surface area contributed by atoms with Gasteiger partial charge in [-0.15, -0.1) is 0 Å². The molecule has 0 bridgehead atoms. The molecule has 2 aliphatic heterocycles. The van der Waals surface area contributed by atoms with Crippen LogP contribution in [0.3, 0.4) is 0 Å². The zero-order valence-electron chi connectivity index (χ0n) is 15.4. The molecule has 25 heavy (non-hydrogen) atoms. The van der Waals surface area contributed by atoms with Crippen molar-refractivity contribution in [1.82, 2.24) is 9.80 Å². The van der Waals surface area contributed by atoms with E-state index in [1.807, 2.05) is 0 Å². The lowest BCUT2D eigenvalue weighted by molar-refractivity contribution is -0.147. The molecule has 3 amide bonds. The number of piperidine rings is 1. The van der Waals surface area contributed by atoms with Gasteiger partial charge in [-0.25, -0.2) is 4.79 Å². The first-order valence-corrected chi connectivity index (χ1v) is 8.79. The second-order valence-corrected chi connectivity index (χ2v) is 7.96. The molecule has 0 aromatic heterocycles. The second kappa shape index (κ2) is 6.82. The molecule has 8 heteroatoms. The van der Waals surface area contributed by atoms with E-state index in [0.29, 0.717) is 19.4 Å². The van der Waals surface area contributed by atoms with Crippen LogP contribution in [0.5, 0.6) is 0 Å². The summed E-state index contributed by atoms with van der Waals surface area (Å²) >= 11 is 0. The molecule has 142 valence electrons. The lowest BCUT2D eigenvalue weighted by atomic mass is 9.85. The number of likely N-dealkylation sites (tertiary alicyclic amines) is 2. The van der Waals surface area contributed by atoms with Crippen molar-refractivity contribution in [2.75, 3.05) is 13.1 Å². The summed E-state index contributed by atoms with van der Waals surface area (Å²) in [6.45, 7) is 7.48. The standard InChI is InChI=1S/C17H29N3O5/c1-11(21)12(13(18)22)19-10-8-17(14(19)23)7-5-6-9-20(17)15(24)25-16(2,3)4/h11-12,21H,5-10H2,1-4H3,(H2,18,22)/t11-,12+,17+/m1/s1. The molecule has 2 fully saturated rings. The molecular weight excluding hydrogens is 326 g/mol. The first kappa shape index (κ1) is 19.5. The lowest BCUT2D eigenvalue weighted by Crippen LogP contribution is -2.62. The van der Waals surface area contributed by atoms with E-state index in [1.165, 1.54) is 16.7 Å². The van der Waals surface area contributed by atoms with Crippen LogP contribution < -0.4 is 5.73 Å². The molecule has 2 heterocycles. The highest BCUT2D eigenvalue weighted by molar-refractivity contribution is 5.95. The summed E-state index contributed by atoms with van der Waals surface area (Å²) in [5, 5.41) is 9.88. The summed E-state index contributed by atoms with van der Waals surface area (Å²) in [5.41, 5.74) is 3.71. The summed E-state index contributed by atoms with van der Waals surface area (Å²) in [7, 11) is 0. The number of carbonyl (C=O) groups excluding carboxylic acids is 3. The molecule has 2 saturated heterocycles. The van der Waals surface area contributed by atoms with Crippen molar-refractivity contribution in [3.63, 3.8) is 0 Å². The molecule has 0 saturated carbocycles. The summed E-state index contributed by atoms with van der Waals surface area (Å²) in [6.07, 6.45) is 0.943. The van der Waals surface area contributed by atoms with E-state index in [1.54, 1.807) is 20.8 Å². The van der Waals surface area contributed by atoms with Crippen LogP contribution in [-0.2, 0) is 14.3 Å². The third-order valence-electron chi connectivity index (χ3n) is 4.86. The molecule has 3 N–H and O–H groups in total. The molecule has 2 rings (SSSR count). The molecular formula is C17H29N3O5. The van der Waals surface area contributed by atoms with Crippen molar-refractivity contribution < 1.29 is 24.2 Å². The number of primary amides is 1. The van der Waals surface area contributed by atoms with Crippen molar-refractivity contribution in [2.24, 2.45) is 5.73 Å². The van der Waals surface area contributed by atoms with Gasteiger partial charge in [-0.05, 0) is 53.4 Å². The number of hydrogen-bond acceptors (Lipinski definition) is 5. The van der Waals surface area contributed by atoms with Crippen LogP contribution in [0.1, 0.15) is 53.4 Å². The normalized spacial score (nSPS) is 26.7. The zero-order chi connectivity index (χ0) is 19.0. The number of carbonyl (C=O) groups is 3. The van der Waals surface area contributed by atoms with Gasteiger partial charge in [0.25, 0.3) is 0 Å². The topological polar surface area (TPSA) is 113 Å². The lowest BCUT2D eigenvalue weighted by Gasteiger charge is -2.43. The van der Waals surface area contributed by atoms with E-state index >= 15 is 0 Å². The Morgan fingerprint density at radius 2 is 1.88 bits per heavy atom. The van der Waals surface area contributed by atoms with Crippen molar-refractivity contribution in [3.05, 3.63) is 0 Å². The summed E-state index contributed by atoms with van der Waals surface area (Å²) in [4.78, 5) is 40.4. The zero-order valence-corrected chi connectivity index (χ0v) is 15.4. The fourth-order valence-corrected chi connectivity index (χ4v) is 3.80. The van der Waals surface area contributed by atoms with Crippen LogP contribution in [0.4, 0.5) is 4.79 Å². The Morgan fingerprint density at radius 1 is 1.24 bits per heavy atom. The molecule has 0 aromatic rings. The highest BCUT2D eigenvalue weighted by Gasteiger charge is 2.56. The number of aliphatic hydroxyl groups is 1. The predicted molar refractivity (Wildman–Crippen MR) is 90.5 cm³/mol. The van der Waals surface area contributed by atoms with Crippen molar-refractivity contribution >= 4 is 17.9 Å². The minimum Gasteiger partial charge on any atom is -0.444 e. The number of rotatable bonds is 3. The maximum atomic E-state index is 13.2. The van der Waals surface area contributed by atoms with E-state index in [0.717, 1.165) is 12.8 Å². The summed E-state index contributed by atoms with van der Waals surface area (Å²) in [5.74, 6) is -1.08. The highest BCUT2D eigenvalue weighted by atomic mass is 16.6. The first-order valence-electron chi connectivity index (χ1n) is 8.79. The minimum atomic E-state index is -1.09.